The fraction of sp³-hybridized carbons (Fsp3) is 0.571. The Kier molecular flexibility index (Phi) is 8.59. The fourth-order valence-corrected chi connectivity index (χ4v) is 2.57. The molecule has 1 atom stereocenters. The van der Waals surface area contributed by atoms with E-state index in [1.54, 1.807) is 6.07 Å². The van der Waals surface area contributed by atoms with Crippen LogP contribution in [-0.4, -0.2) is 31.1 Å². The van der Waals surface area contributed by atoms with Crippen LogP contribution < -0.4 is 5.32 Å². The van der Waals surface area contributed by atoms with Gasteiger partial charge in [-0.15, -0.1) is 24.8 Å². The normalized spacial score (nSPS) is 17.2. The molecule has 2 nitrogen and oxygen atoms in total. The molecule has 0 spiro atoms. The van der Waals surface area contributed by atoms with Crippen LogP contribution in [0.2, 0.25) is 0 Å². The molecule has 5 heteroatoms. The van der Waals surface area contributed by atoms with Crippen LogP contribution in [-0.2, 0) is 0 Å². The third-order valence-electron chi connectivity index (χ3n) is 3.49. The van der Waals surface area contributed by atoms with E-state index in [0.29, 0.717) is 0 Å². The van der Waals surface area contributed by atoms with Gasteiger partial charge in [0.25, 0.3) is 0 Å². The van der Waals surface area contributed by atoms with E-state index in [2.05, 4.69) is 17.1 Å². The molecule has 0 saturated carbocycles. The maximum atomic E-state index is 14.0. The maximum absolute atomic E-state index is 14.0. The minimum atomic E-state index is -0.0598. The van der Waals surface area contributed by atoms with Crippen LogP contribution in [0.3, 0.4) is 0 Å². The van der Waals surface area contributed by atoms with Crippen molar-refractivity contribution < 1.29 is 4.39 Å². The molecular formula is C14H23Cl2FN2. The van der Waals surface area contributed by atoms with Crippen molar-refractivity contribution in [1.29, 1.82) is 0 Å². The van der Waals surface area contributed by atoms with E-state index in [0.717, 1.165) is 43.7 Å². The number of benzene rings is 1. The Hall–Kier alpha value is -0.350. The van der Waals surface area contributed by atoms with Crippen molar-refractivity contribution in [3.8, 4) is 0 Å². The molecule has 0 unspecified atom stereocenters. The highest BCUT2D eigenvalue weighted by Gasteiger charge is 2.22. The Morgan fingerprint density at radius 2 is 1.89 bits per heavy atom. The Morgan fingerprint density at radius 1 is 1.26 bits per heavy atom. The summed E-state index contributed by atoms with van der Waals surface area (Å²) >= 11 is 0. The Balaban J connectivity index is 0.00000162. The minimum absolute atomic E-state index is 0. The van der Waals surface area contributed by atoms with Gasteiger partial charge in [0.2, 0.25) is 0 Å². The fourth-order valence-electron chi connectivity index (χ4n) is 2.57. The molecule has 1 saturated heterocycles. The van der Waals surface area contributed by atoms with Crippen molar-refractivity contribution in [3.63, 3.8) is 0 Å². The van der Waals surface area contributed by atoms with Crippen LogP contribution in [0.25, 0.3) is 0 Å². The standard InChI is InChI=1S/C14H21FN2.2ClH/c1-3-14(17-8-6-16-7-9-17)12-5-4-11(2)10-13(12)15;;/h4-5,10,14,16H,3,6-9H2,1-2H3;2*1H/t14-;;/m1../s1. The average Bonchev–Trinajstić information content (AvgIpc) is 2.34. The average molecular weight is 309 g/mol. The second-order valence-corrected chi connectivity index (χ2v) is 4.73. The van der Waals surface area contributed by atoms with Gasteiger partial charge in [0, 0.05) is 37.8 Å². The predicted octanol–water partition coefficient (Wildman–Crippen LogP) is 3.33. The van der Waals surface area contributed by atoms with Gasteiger partial charge < -0.3 is 5.32 Å². The number of nitrogens with zero attached hydrogens (tertiary/aromatic N) is 1. The zero-order chi connectivity index (χ0) is 12.3. The van der Waals surface area contributed by atoms with Gasteiger partial charge in [0.15, 0.2) is 0 Å². The summed E-state index contributed by atoms with van der Waals surface area (Å²) < 4.78 is 14.0. The molecule has 2 rings (SSSR count). The van der Waals surface area contributed by atoms with Crippen molar-refractivity contribution >= 4 is 24.8 Å². The summed E-state index contributed by atoms with van der Waals surface area (Å²) in [6.45, 7) is 8.08. The zero-order valence-corrected chi connectivity index (χ0v) is 13.1. The quantitative estimate of drug-likeness (QED) is 0.921. The molecule has 0 bridgehead atoms. The van der Waals surface area contributed by atoms with E-state index in [4.69, 9.17) is 0 Å². The lowest BCUT2D eigenvalue weighted by Gasteiger charge is -2.34. The highest BCUT2D eigenvalue weighted by Crippen LogP contribution is 2.27. The highest BCUT2D eigenvalue weighted by atomic mass is 35.5. The first-order valence-electron chi connectivity index (χ1n) is 6.43. The molecule has 0 aromatic heterocycles. The van der Waals surface area contributed by atoms with Crippen LogP contribution in [0.15, 0.2) is 18.2 Å². The second-order valence-electron chi connectivity index (χ2n) is 4.73. The van der Waals surface area contributed by atoms with Crippen LogP contribution in [0, 0.1) is 12.7 Å². The third-order valence-corrected chi connectivity index (χ3v) is 3.49. The highest BCUT2D eigenvalue weighted by molar-refractivity contribution is 5.85. The van der Waals surface area contributed by atoms with E-state index in [1.165, 1.54) is 0 Å². The summed E-state index contributed by atoms with van der Waals surface area (Å²) in [6, 6.07) is 5.81. The number of nitrogens with one attached hydrogen (secondary N) is 1. The van der Waals surface area contributed by atoms with Gasteiger partial charge in [0.1, 0.15) is 5.82 Å². The smallest absolute Gasteiger partial charge is 0.128 e. The number of halogens is 3. The van der Waals surface area contributed by atoms with Crippen LogP contribution >= 0.6 is 24.8 Å². The van der Waals surface area contributed by atoms with Gasteiger partial charge in [-0.3, -0.25) is 4.90 Å². The Morgan fingerprint density at radius 3 is 2.42 bits per heavy atom. The van der Waals surface area contributed by atoms with E-state index >= 15 is 0 Å². The third kappa shape index (κ3) is 4.60. The van der Waals surface area contributed by atoms with Crippen LogP contribution in [0.5, 0.6) is 0 Å². The maximum Gasteiger partial charge on any atom is 0.128 e. The van der Waals surface area contributed by atoms with Crippen molar-refractivity contribution in [3.05, 3.63) is 35.1 Å². The molecule has 110 valence electrons. The molecular weight excluding hydrogens is 286 g/mol. The summed E-state index contributed by atoms with van der Waals surface area (Å²) in [5.41, 5.74) is 1.83. The lowest BCUT2D eigenvalue weighted by Crippen LogP contribution is -2.45. The number of aryl methyl sites for hydroxylation is 1. The van der Waals surface area contributed by atoms with Gasteiger partial charge in [-0.1, -0.05) is 19.1 Å². The van der Waals surface area contributed by atoms with Crippen molar-refractivity contribution in [2.45, 2.75) is 26.3 Å². The van der Waals surface area contributed by atoms with E-state index < -0.39 is 0 Å². The molecule has 19 heavy (non-hydrogen) atoms. The first kappa shape index (κ1) is 18.7. The second kappa shape index (κ2) is 8.75. The molecule has 0 amide bonds. The predicted molar refractivity (Wildman–Crippen MR) is 83.1 cm³/mol. The first-order valence-corrected chi connectivity index (χ1v) is 6.43. The summed E-state index contributed by atoms with van der Waals surface area (Å²) in [5.74, 6) is -0.0598. The zero-order valence-electron chi connectivity index (χ0n) is 11.5. The number of hydrogen-bond donors (Lipinski definition) is 1. The minimum Gasteiger partial charge on any atom is -0.314 e. The Bertz CT molecular complexity index is 382. The first-order chi connectivity index (χ1) is 8.22. The van der Waals surface area contributed by atoms with Gasteiger partial charge in [-0.25, -0.2) is 4.39 Å². The molecule has 1 aromatic rings. The Labute approximate surface area is 127 Å². The monoisotopic (exact) mass is 308 g/mol. The summed E-state index contributed by atoms with van der Waals surface area (Å²) in [6.07, 6.45) is 0.958. The molecule has 0 aliphatic carbocycles. The van der Waals surface area contributed by atoms with Gasteiger partial charge in [-0.05, 0) is 25.0 Å². The number of piperazine rings is 1. The largest absolute Gasteiger partial charge is 0.314 e. The van der Waals surface area contributed by atoms with Crippen LogP contribution in [0.1, 0.15) is 30.5 Å². The summed E-state index contributed by atoms with van der Waals surface area (Å²) in [7, 11) is 0. The van der Waals surface area contributed by atoms with Crippen molar-refractivity contribution in [1.82, 2.24) is 10.2 Å². The molecule has 0 radical (unpaired) electrons. The van der Waals surface area contributed by atoms with E-state index in [-0.39, 0.29) is 36.7 Å². The SMILES string of the molecule is CC[C@H](c1ccc(C)cc1F)N1CCNCC1.Cl.Cl. The molecule has 1 heterocycles. The van der Waals surface area contributed by atoms with Crippen molar-refractivity contribution in [2.24, 2.45) is 0 Å². The van der Waals surface area contributed by atoms with Crippen molar-refractivity contribution in [2.75, 3.05) is 26.2 Å². The van der Waals surface area contributed by atoms with Gasteiger partial charge in [-0.2, -0.15) is 0 Å². The molecule has 1 fully saturated rings. The summed E-state index contributed by atoms with van der Waals surface area (Å²) in [5, 5.41) is 3.33. The van der Waals surface area contributed by atoms with E-state index in [1.807, 2.05) is 19.1 Å². The number of rotatable bonds is 3. The lowest BCUT2D eigenvalue weighted by molar-refractivity contribution is 0.166. The molecule has 1 aliphatic heterocycles. The van der Waals surface area contributed by atoms with Gasteiger partial charge >= 0.3 is 0 Å². The lowest BCUT2D eigenvalue weighted by atomic mass is 10.00. The molecule has 1 aliphatic rings. The molecule has 1 N–H and O–H groups in total. The van der Waals surface area contributed by atoms with Crippen LogP contribution in [0.4, 0.5) is 4.39 Å². The van der Waals surface area contributed by atoms with Gasteiger partial charge in [0.05, 0.1) is 0 Å². The summed E-state index contributed by atoms with van der Waals surface area (Å²) in [4.78, 5) is 2.38. The topological polar surface area (TPSA) is 15.3 Å². The number of hydrogen-bond acceptors (Lipinski definition) is 2. The van der Waals surface area contributed by atoms with E-state index in [9.17, 15) is 4.39 Å². The molecule has 1 aromatic carbocycles.